The summed E-state index contributed by atoms with van der Waals surface area (Å²) in [5.41, 5.74) is 6.30. The van der Waals surface area contributed by atoms with Gasteiger partial charge in [0, 0.05) is 5.92 Å². The van der Waals surface area contributed by atoms with Crippen molar-refractivity contribution < 1.29 is 23.9 Å². The van der Waals surface area contributed by atoms with E-state index in [2.05, 4.69) is 35.1 Å². The lowest BCUT2D eigenvalue weighted by Crippen LogP contribution is -2.54. The summed E-state index contributed by atoms with van der Waals surface area (Å²) in [6, 6.07) is 15.2. The summed E-state index contributed by atoms with van der Waals surface area (Å²) < 4.78 is 11.4. The number of nitrogens with one attached hydrogen (secondary N) is 2. The fraction of sp³-hybridized carbons (Fsp3) is 0.417. The van der Waals surface area contributed by atoms with E-state index in [9.17, 15) is 9.59 Å². The van der Waals surface area contributed by atoms with E-state index in [1.165, 1.54) is 7.11 Å². The molecule has 0 spiro atoms. The minimum Gasteiger partial charge on any atom is -0.449 e. The molecule has 0 saturated heterocycles. The Labute approximate surface area is 183 Å². The Bertz CT molecular complexity index is 892. The van der Waals surface area contributed by atoms with E-state index in [0.29, 0.717) is 0 Å². The van der Waals surface area contributed by atoms with Gasteiger partial charge in [0.25, 0.3) is 5.91 Å². The minimum atomic E-state index is -0.977. The Hall–Kier alpha value is -2.90. The van der Waals surface area contributed by atoms with Crippen LogP contribution in [0.5, 0.6) is 0 Å². The van der Waals surface area contributed by atoms with E-state index in [1.807, 2.05) is 45.0 Å². The SMILES string of the molecule is CONC(=O)[C@H](NC(=O)OCC1c2ccccc2-c2ccccc21)C(C)OC(C)(C)C. The second kappa shape index (κ2) is 9.49. The van der Waals surface area contributed by atoms with Gasteiger partial charge in [0.1, 0.15) is 12.6 Å². The quantitative estimate of drug-likeness (QED) is 0.658. The van der Waals surface area contributed by atoms with Crippen LogP contribution < -0.4 is 10.8 Å². The average molecular weight is 427 g/mol. The van der Waals surface area contributed by atoms with Gasteiger partial charge in [-0.1, -0.05) is 48.5 Å². The molecular formula is C24H30N2O5. The van der Waals surface area contributed by atoms with Gasteiger partial charge in [0.15, 0.2) is 0 Å². The van der Waals surface area contributed by atoms with Crippen molar-refractivity contribution in [2.24, 2.45) is 0 Å². The van der Waals surface area contributed by atoms with Crippen molar-refractivity contribution >= 4 is 12.0 Å². The van der Waals surface area contributed by atoms with Crippen LogP contribution in [0.2, 0.25) is 0 Å². The molecular weight excluding hydrogens is 396 g/mol. The number of hydrogen-bond acceptors (Lipinski definition) is 5. The Kier molecular flexibility index (Phi) is 6.97. The molecule has 0 aromatic heterocycles. The van der Waals surface area contributed by atoms with E-state index in [4.69, 9.17) is 14.3 Å². The Morgan fingerprint density at radius 2 is 1.55 bits per heavy atom. The van der Waals surface area contributed by atoms with E-state index < -0.39 is 29.7 Å². The van der Waals surface area contributed by atoms with Crippen molar-refractivity contribution in [1.82, 2.24) is 10.8 Å². The Morgan fingerprint density at radius 3 is 2.06 bits per heavy atom. The van der Waals surface area contributed by atoms with Crippen molar-refractivity contribution in [1.29, 1.82) is 0 Å². The van der Waals surface area contributed by atoms with Crippen LogP contribution >= 0.6 is 0 Å². The maximum Gasteiger partial charge on any atom is 0.407 e. The van der Waals surface area contributed by atoms with E-state index in [1.54, 1.807) is 6.92 Å². The zero-order valence-electron chi connectivity index (χ0n) is 18.6. The summed E-state index contributed by atoms with van der Waals surface area (Å²) in [5.74, 6) is -0.583. The number of hydrogen-bond donors (Lipinski definition) is 2. The third kappa shape index (κ3) is 5.42. The average Bonchev–Trinajstić information content (AvgIpc) is 3.03. The molecule has 0 fully saturated rings. The molecule has 31 heavy (non-hydrogen) atoms. The summed E-state index contributed by atoms with van der Waals surface area (Å²) in [4.78, 5) is 29.7. The number of ether oxygens (including phenoxy) is 2. The predicted octanol–water partition coefficient (Wildman–Crippen LogP) is 3.77. The standard InChI is InChI=1S/C24H30N2O5/c1-15(31-24(2,3)4)21(22(27)26-29-5)25-23(28)30-14-20-18-12-8-6-10-16(18)17-11-7-9-13-19(17)20/h6-13,15,20-21H,14H2,1-5H3,(H,25,28)(H,26,27)/t15?,21-/m1/s1. The summed E-state index contributed by atoms with van der Waals surface area (Å²) >= 11 is 0. The summed E-state index contributed by atoms with van der Waals surface area (Å²) in [6.07, 6.45) is -1.29. The first-order valence-electron chi connectivity index (χ1n) is 10.3. The molecule has 0 heterocycles. The van der Waals surface area contributed by atoms with Gasteiger partial charge >= 0.3 is 6.09 Å². The van der Waals surface area contributed by atoms with Gasteiger partial charge in [-0.25, -0.2) is 10.3 Å². The third-order valence-electron chi connectivity index (χ3n) is 5.11. The van der Waals surface area contributed by atoms with Crippen LogP contribution in [0.15, 0.2) is 48.5 Å². The van der Waals surface area contributed by atoms with Crippen LogP contribution in [0.25, 0.3) is 11.1 Å². The van der Waals surface area contributed by atoms with Gasteiger partial charge in [-0.2, -0.15) is 0 Å². The molecule has 1 aliphatic carbocycles. The topological polar surface area (TPSA) is 85.9 Å². The molecule has 0 bridgehead atoms. The molecule has 7 nitrogen and oxygen atoms in total. The van der Waals surface area contributed by atoms with E-state index >= 15 is 0 Å². The molecule has 7 heteroatoms. The normalized spacial score (nSPS) is 14.9. The number of alkyl carbamates (subject to hydrolysis) is 1. The predicted molar refractivity (Wildman–Crippen MR) is 117 cm³/mol. The monoisotopic (exact) mass is 426 g/mol. The number of amides is 2. The van der Waals surface area contributed by atoms with E-state index in [-0.39, 0.29) is 12.5 Å². The minimum absolute atomic E-state index is 0.0624. The Balaban J connectivity index is 1.70. The molecule has 2 amide bonds. The number of hydroxylamine groups is 1. The lowest BCUT2D eigenvalue weighted by atomic mass is 9.98. The van der Waals surface area contributed by atoms with Crippen molar-refractivity contribution in [2.75, 3.05) is 13.7 Å². The van der Waals surface area contributed by atoms with Crippen LogP contribution in [0, 0.1) is 0 Å². The van der Waals surface area contributed by atoms with Gasteiger partial charge in [0.2, 0.25) is 0 Å². The van der Waals surface area contributed by atoms with Crippen molar-refractivity contribution in [3.63, 3.8) is 0 Å². The van der Waals surface area contributed by atoms with Gasteiger partial charge in [-0.05, 0) is 49.9 Å². The fourth-order valence-corrected chi connectivity index (χ4v) is 3.95. The van der Waals surface area contributed by atoms with Gasteiger partial charge < -0.3 is 14.8 Å². The number of benzene rings is 2. The van der Waals surface area contributed by atoms with Crippen LogP contribution in [0.4, 0.5) is 4.79 Å². The Morgan fingerprint density at radius 1 is 1.00 bits per heavy atom. The highest BCUT2D eigenvalue weighted by molar-refractivity contribution is 5.85. The maximum absolute atomic E-state index is 12.6. The lowest BCUT2D eigenvalue weighted by molar-refractivity contribution is -0.141. The number of rotatable bonds is 7. The van der Waals surface area contributed by atoms with Crippen molar-refractivity contribution in [3.05, 3.63) is 59.7 Å². The van der Waals surface area contributed by atoms with Crippen LogP contribution in [0.1, 0.15) is 44.7 Å². The second-order valence-electron chi connectivity index (χ2n) is 8.55. The number of carbonyl (C=O) groups is 2. The van der Waals surface area contributed by atoms with Gasteiger partial charge in [-0.15, -0.1) is 0 Å². The second-order valence-corrected chi connectivity index (χ2v) is 8.55. The third-order valence-corrected chi connectivity index (χ3v) is 5.11. The molecule has 1 aliphatic rings. The molecule has 2 aromatic carbocycles. The smallest absolute Gasteiger partial charge is 0.407 e. The van der Waals surface area contributed by atoms with Crippen LogP contribution in [0.3, 0.4) is 0 Å². The number of fused-ring (bicyclic) bond motifs is 3. The summed E-state index contributed by atoms with van der Waals surface area (Å²) in [6.45, 7) is 7.51. The zero-order valence-corrected chi connectivity index (χ0v) is 18.6. The first kappa shape index (κ1) is 22.8. The van der Waals surface area contributed by atoms with Gasteiger partial charge in [0.05, 0.1) is 18.8 Å². The fourth-order valence-electron chi connectivity index (χ4n) is 3.95. The molecule has 0 aliphatic heterocycles. The molecule has 2 aromatic rings. The molecule has 0 radical (unpaired) electrons. The molecule has 2 N–H and O–H groups in total. The van der Waals surface area contributed by atoms with E-state index in [0.717, 1.165) is 22.3 Å². The van der Waals surface area contributed by atoms with Crippen LogP contribution in [-0.4, -0.2) is 43.5 Å². The molecule has 1 unspecified atom stereocenters. The lowest BCUT2D eigenvalue weighted by Gasteiger charge is -2.30. The largest absolute Gasteiger partial charge is 0.449 e. The molecule has 2 atom stereocenters. The zero-order chi connectivity index (χ0) is 22.6. The number of carbonyl (C=O) groups excluding carboxylic acids is 2. The first-order valence-corrected chi connectivity index (χ1v) is 10.3. The van der Waals surface area contributed by atoms with Crippen molar-refractivity contribution in [3.8, 4) is 11.1 Å². The molecule has 166 valence electrons. The highest BCUT2D eigenvalue weighted by Gasteiger charge is 2.33. The highest BCUT2D eigenvalue weighted by atomic mass is 16.6. The molecule has 3 rings (SSSR count). The van der Waals surface area contributed by atoms with Crippen molar-refractivity contribution in [2.45, 2.75) is 51.4 Å². The summed E-state index contributed by atoms with van der Waals surface area (Å²) in [5, 5.41) is 2.62. The first-order chi connectivity index (χ1) is 14.7. The highest BCUT2D eigenvalue weighted by Crippen LogP contribution is 2.44. The summed E-state index contributed by atoms with van der Waals surface area (Å²) in [7, 11) is 1.33. The van der Waals surface area contributed by atoms with Gasteiger partial charge in [-0.3, -0.25) is 9.63 Å². The van der Waals surface area contributed by atoms with Crippen LogP contribution in [-0.2, 0) is 19.1 Å². The molecule has 0 saturated carbocycles. The maximum atomic E-state index is 12.6.